The first-order valence-electron chi connectivity index (χ1n) is 19.7. The van der Waals surface area contributed by atoms with E-state index in [1.165, 1.54) is 0 Å². The number of carboxylic acids is 2. The maximum Gasteiger partial charge on any atom is 0.362 e. The summed E-state index contributed by atoms with van der Waals surface area (Å²) in [5.41, 5.74) is 6.08. The van der Waals surface area contributed by atoms with Crippen LogP contribution in [0.15, 0.2) is 60.7 Å². The zero-order valence-electron chi connectivity index (χ0n) is 33.8. The van der Waals surface area contributed by atoms with Gasteiger partial charge in [0.05, 0.1) is 57.6 Å². The lowest BCUT2D eigenvalue weighted by molar-refractivity contribution is -0.956. The molecule has 0 amide bonds. The summed E-state index contributed by atoms with van der Waals surface area (Å²) in [7, 11) is 9.03. The average molecular weight is 893 g/mol. The fourth-order valence-corrected chi connectivity index (χ4v) is 10.7. The zero-order valence-corrected chi connectivity index (χ0v) is 35.9. The SMILES string of the molecule is CCC(C(=O)O)[N+]1(C)CCc2cc(OC)c3cc2C1Cc1ccc(cc1)Oc1cc(ccc1OC)CC1c2c(cc(OC)c(I)c2O3)CC[N+]1(C)C(CC)C(=O)O. The van der Waals surface area contributed by atoms with Crippen LogP contribution in [0.3, 0.4) is 0 Å². The molecule has 11 nitrogen and oxygen atoms in total. The number of aliphatic carboxylic acids is 2. The molecule has 0 aromatic heterocycles. The molecule has 0 saturated carbocycles. The van der Waals surface area contributed by atoms with Gasteiger partial charge in [0, 0.05) is 44.1 Å². The molecule has 57 heavy (non-hydrogen) atoms. The van der Waals surface area contributed by atoms with Gasteiger partial charge < -0.3 is 42.9 Å². The van der Waals surface area contributed by atoms with Gasteiger partial charge in [-0.3, -0.25) is 0 Å². The van der Waals surface area contributed by atoms with Crippen LogP contribution in [0.5, 0.6) is 40.2 Å². The number of carboxylic acid groups (broad SMARTS) is 2. The Morgan fingerprint density at radius 3 is 1.86 bits per heavy atom. The van der Waals surface area contributed by atoms with Crippen molar-refractivity contribution in [2.24, 2.45) is 0 Å². The third-order valence-electron chi connectivity index (χ3n) is 13.0. The second kappa shape index (κ2) is 16.0. The van der Waals surface area contributed by atoms with Gasteiger partial charge in [0.1, 0.15) is 23.6 Å². The molecule has 0 fully saturated rings. The molecule has 0 saturated heterocycles. The summed E-state index contributed by atoms with van der Waals surface area (Å²) in [5, 5.41) is 21.3. The summed E-state index contributed by atoms with van der Waals surface area (Å²) in [6.07, 6.45) is 3.28. The normalized spacial score (nSPS) is 23.4. The maximum atomic E-state index is 13.1. The summed E-state index contributed by atoms with van der Waals surface area (Å²) in [4.78, 5) is 26.0. The first kappa shape index (κ1) is 40.7. The molecule has 0 aliphatic carbocycles. The number of benzene rings is 4. The van der Waals surface area contributed by atoms with Gasteiger partial charge in [0.25, 0.3) is 0 Å². The summed E-state index contributed by atoms with van der Waals surface area (Å²) < 4.78 is 32.9. The minimum absolute atomic E-state index is 0.225. The highest BCUT2D eigenvalue weighted by Gasteiger charge is 2.50. The lowest BCUT2D eigenvalue weighted by Gasteiger charge is -2.49. The monoisotopic (exact) mass is 892 g/mol. The lowest BCUT2D eigenvalue weighted by atomic mass is 9.83. The summed E-state index contributed by atoms with van der Waals surface area (Å²) in [6.45, 7) is 5.12. The minimum atomic E-state index is -0.842. The molecule has 12 heteroatoms. The number of hydrogen-bond acceptors (Lipinski definition) is 7. The molecule has 6 atom stereocenters. The van der Waals surface area contributed by atoms with Crippen LogP contribution in [0, 0.1) is 3.57 Å². The molecule has 4 heterocycles. The lowest BCUT2D eigenvalue weighted by Crippen LogP contribution is -2.60. The van der Waals surface area contributed by atoms with E-state index in [9.17, 15) is 19.8 Å². The van der Waals surface area contributed by atoms with E-state index in [0.29, 0.717) is 96.3 Å². The smallest absolute Gasteiger partial charge is 0.362 e. The van der Waals surface area contributed by atoms with E-state index in [2.05, 4.69) is 48.8 Å². The minimum Gasteiger partial charge on any atom is -0.495 e. The van der Waals surface area contributed by atoms with Crippen molar-refractivity contribution in [1.29, 1.82) is 0 Å². The van der Waals surface area contributed by atoms with E-state index < -0.39 is 24.0 Å². The standard InChI is InChI=1S/C45H51IN2O9/c1-8-32(44(49)50)47(3)18-16-28-23-37(54-6)39-25-31(28)34(47)20-26-10-13-30(14-11-26)56-38-22-27(12-15-36(38)53-5)21-35-41-29(24-40(55-7)42(46)43(41)57-39)17-19-48(35,4)33(9-2)45(51)52/h10-15,22-25,32-35H,8-9,16-21H2,1-7H3/p+2. The molecule has 4 aromatic carbocycles. The van der Waals surface area contributed by atoms with E-state index in [-0.39, 0.29) is 16.6 Å². The van der Waals surface area contributed by atoms with Crippen LogP contribution in [0.25, 0.3) is 0 Å². The summed E-state index contributed by atoms with van der Waals surface area (Å²) in [6, 6.07) is 18.2. The Balaban J connectivity index is 1.53. The van der Waals surface area contributed by atoms with E-state index in [1.54, 1.807) is 21.3 Å². The maximum absolute atomic E-state index is 13.1. The van der Waals surface area contributed by atoms with Crippen molar-refractivity contribution in [2.75, 3.05) is 48.5 Å². The highest BCUT2D eigenvalue weighted by atomic mass is 127. The third kappa shape index (κ3) is 7.18. The Kier molecular flexibility index (Phi) is 11.4. The Hall–Kier alpha value is -4.53. The first-order valence-corrected chi connectivity index (χ1v) is 20.7. The predicted octanol–water partition coefficient (Wildman–Crippen LogP) is 8.51. The number of likely N-dealkylation sites (N-methyl/N-ethyl adjacent to an activating group) is 2. The van der Waals surface area contributed by atoms with Crippen molar-refractivity contribution in [3.63, 3.8) is 0 Å². The molecule has 2 N–H and O–H groups in total. The second-order valence-electron chi connectivity index (χ2n) is 15.9. The van der Waals surface area contributed by atoms with E-state index >= 15 is 0 Å². The van der Waals surface area contributed by atoms with Gasteiger partial charge in [-0.2, -0.15) is 0 Å². The van der Waals surface area contributed by atoms with Crippen LogP contribution in [-0.2, 0) is 35.3 Å². The number of ether oxygens (including phenoxy) is 5. The Bertz CT molecular complexity index is 2190. The molecule has 4 aromatic rings. The average Bonchev–Trinajstić information content (AvgIpc) is 3.18. The Morgan fingerprint density at radius 1 is 0.719 bits per heavy atom. The van der Waals surface area contributed by atoms with Crippen molar-refractivity contribution in [1.82, 2.24) is 0 Å². The first-order chi connectivity index (χ1) is 27.3. The van der Waals surface area contributed by atoms with Crippen molar-refractivity contribution in [2.45, 2.75) is 76.5 Å². The highest BCUT2D eigenvalue weighted by Crippen LogP contribution is 2.52. The number of quaternary nitrogens is 2. The highest BCUT2D eigenvalue weighted by molar-refractivity contribution is 14.1. The van der Waals surface area contributed by atoms with Crippen LogP contribution in [0.2, 0.25) is 0 Å². The number of carbonyl (C=O) groups is 2. The van der Waals surface area contributed by atoms with Crippen molar-refractivity contribution >= 4 is 34.5 Å². The molecule has 302 valence electrons. The molecule has 4 aliphatic heterocycles. The Morgan fingerprint density at radius 2 is 1.26 bits per heavy atom. The van der Waals surface area contributed by atoms with E-state index in [0.717, 1.165) is 37.0 Å². The molecule has 0 spiro atoms. The zero-order chi connectivity index (χ0) is 40.8. The number of nitrogens with zero attached hydrogens (tertiary/aromatic N) is 2. The molecule has 8 rings (SSSR count). The van der Waals surface area contributed by atoms with Gasteiger partial charge in [0.15, 0.2) is 40.8 Å². The molecular formula is C45H53IN2O9+2. The van der Waals surface area contributed by atoms with Crippen LogP contribution in [0.1, 0.15) is 72.2 Å². The quantitative estimate of drug-likeness (QED) is 0.126. The summed E-state index contributed by atoms with van der Waals surface area (Å²) >= 11 is 2.28. The van der Waals surface area contributed by atoms with Gasteiger partial charge in [0.2, 0.25) is 0 Å². The molecule has 6 unspecified atom stereocenters. The number of hydrogen-bond donors (Lipinski definition) is 2. The molecule has 6 bridgehead atoms. The molecule has 0 radical (unpaired) electrons. The number of halogens is 1. The predicted molar refractivity (Wildman–Crippen MR) is 224 cm³/mol. The van der Waals surface area contributed by atoms with Crippen LogP contribution >= 0.6 is 22.6 Å². The fraction of sp³-hybridized carbons (Fsp3) is 0.422. The number of rotatable bonds is 9. The second-order valence-corrected chi connectivity index (χ2v) is 17.0. The summed E-state index contributed by atoms with van der Waals surface area (Å²) in [5.74, 6) is 2.44. The topological polar surface area (TPSA) is 121 Å². The van der Waals surface area contributed by atoms with Crippen molar-refractivity contribution in [3.8, 4) is 40.2 Å². The van der Waals surface area contributed by atoms with Gasteiger partial charge >= 0.3 is 11.9 Å². The molecular weight excluding hydrogens is 839 g/mol. The van der Waals surface area contributed by atoms with Gasteiger partial charge in [-0.05, 0) is 87.3 Å². The van der Waals surface area contributed by atoms with E-state index in [1.807, 2.05) is 62.4 Å². The third-order valence-corrected chi connectivity index (χ3v) is 14.0. The van der Waals surface area contributed by atoms with Crippen LogP contribution in [-0.4, -0.2) is 91.7 Å². The van der Waals surface area contributed by atoms with Gasteiger partial charge in [-0.1, -0.05) is 32.0 Å². The Labute approximate surface area is 348 Å². The van der Waals surface area contributed by atoms with Gasteiger partial charge in [-0.15, -0.1) is 0 Å². The van der Waals surface area contributed by atoms with Crippen molar-refractivity contribution in [3.05, 3.63) is 97.6 Å². The van der Waals surface area contributed by atoms with Crippen LogP contribution < -0.4 is 23.7 Å². The largest absolute Gasteiger partial charge is 0.495 e. The fourth-order valence-electron chi connectivity index (χ4n) is 9.89. The number of fused-ring (bicyclic) bond motifs is 2. The molecule has 4 aliphatic rings. The number of methoxy groups -OCH3 is 3. The van der Waals surface area contributed by atoms with E-state index in [4.69, 9.17) is 23.7 Å². The van der Waals surface area contributed by atoms with Gasteiger partial charge in [-0.25, -0.2) is 9.59 Å². The van der Waals surface area contributed by atoms with Crippen LogP contribution in [0.4, 0.5) is 0 Å². The van der Waals surface area contributed by atoms with Crippen molar-refractivity contribution < 1.29 is 52.5 Å².